The van der Waals surface area contributed by atoms with Crippen molar-refractivity contribution in [2.75, 3.05) is 19.5 Å². The number of rotatable bonds is 7. The first kappa shape index (κ1) is 32.4. The third kappa shape index (κ3) is 7.37. The van der Waals surface area contributed by atoms with Crippen LogP contribution in [0, 0.1) is 12.8 Å². The van der Waals surface area contributed by atoms with Gasteiger partial charge in [-0.1, -0.05) is 45.1 Å². The van der Waals surface area contributed by atoms with Crippen molar-refractivity contribution in [1.29, 1.82) is 0 Å². The number of nitrogens with zero attached hydrogens (tertiary/aromatic N) is 2. The summed E-state index contributed by atoms with van der Waals surface area (Å²) in [5, 5.41) is 7.33. The number of cyclic esters (lactones) is 1. The molecular formula is C28H44N4O5S2Si. The quantitative estimate of drug-likeness (QED) is 0.215. The van der Waals surface area contributed by atoms with Crippen LogP contribution in [0.15, 0.2) is 10.6 Å². The van der Waals surface area contributed by atoms with E-state index in [0.717, 1.165) is 17.5 Å². The van der Waals surface area contributed by atoms with Crippen molar-refractivity contribution in [1.82, 2.24) is 15.5 Å². The number of ether oxygens (including phenoxy) is 2. The number of carbonyl (C=O) groups is 1. The van der Waals surface area contributed by atoms with Crippen LogP contribution in [0.3, 0.4) is 0 Å². The second-order valence-corrected chi connectivity index (χ2v) is 17.6. The van der Waals surface area contributed by atoms with Gasteiger partial charge < -0.3 is 29.5 Å². The number of hydrogen-bond donors (Lipinski definition) is 2. The Morgan fingerprint density at radius 3 is 2.65 bits per heavy atom. The van der Waals surface area contributed by atoms with E-state index < -0.39 is 8.32 Å². The van der Waals surface area contributed by atoms with Crippen LogP contribution in [0.5, 0.6) is 11.5 Å². The monoisotopic (exact) mass is 608 g/mol. The molecule has 0 bridgehead atoms. The fourth-order valence-electron chi connectivity index (χ4n) is 4.45. The maximum absolute atomic E-state index is 13.6. The molecule has 2 aromatic rings. The molecule has 0 saturated heterocycles. The molecule has 2 heterocycles. The Balaban J connectivity index is 2.07. The second-order valence-electron chi connectivity index (χ2n) is 11.5. The minimum atomic E-state index is -2.32. The molecule has 0 radical (unpaired) electrons. The molecule has 3 rings (SSSR count). The zero-order valence-electron chi connectivity index (χ0n) is 25.0. The molecule has 1 aromatic carbocycles. The van der Waals surface area contributed by atoms with Crippen molar-refractivity contribution in [3.63, 3.8) is 0 Å². The van der Waals surface area contributed by atoms with Gasteiger partial charge in [-0.2, -0.15) is 16.7 Å². The third-order valence-electron chi connectivity index (χ3n) is 8.25. The van der Waals surface area contributed by atoms with Crippen molar-refractivity contribution in [3.8, 4) is 11.5 Å². The number of esters is 1. The second kappa shape index (κ2) is 13.7. The zero-order chi connectivity index (χ0) is 29.7. The average molecular weight is 609 g/mol. The number of nitrogens with one attached hydrogen (secondary N) is 1. The minimum Gasteiger partial charge on any atom is -0.543 e. The average Bonchev–Trinajstić information content (AvgIpc) is 3.37. The molecule has 3 N–H and O–H groups in total. The highest BCUT2D eigenvalue weighted by molar-refractivity contribution is 7.98. The zero-order valence-corrected chi connectivity index (χ0v) is 27.6. The van der Waals surface area contributed by atoms with Gasteiger partial charge in [0.1, 0.15) is 17.5 Å². The van der Waals surface area contributed by atoms with Crippen molar-refractivity contribution >= 4 is 43.3 Å². The van der Waals surface area contributed by atoms with Crippen molar-refractivity contribution < 1.29 is 23.2 Å². The molecular weight excluding hydrogens is 565 g/mol. The summed E-state index contributed by atoms with van der Waals surface area (Å²) in [7, 11) is -0.709. The fraction of sp³-hybridized carbons (Fsp3) is 0.643. The lowest BCUT2D eigenvalue weighted by Gasteiger charge is -2.43. The number of carbonyl (C=O) groups excluding carboxylic acids is 1. The molecule has 0 unspecified atom stereocenters. The number of benzene rings is 1. The summed E-state index contributed by atoms with van der Waals surface area (Å²) in [4.78, 5) is 18.7. The molecule has 1 aromatic heterocycles. The molecule has 0 aliphatic carbocycles. The maximum atomic E-state index is 13.6. The van der Waals surface area contributed by atoms with Crippen LogP contribution in [-0.4, -0.2) is 48.9 Å². The summed E-state index contributed by atoms with van der Waals surface area (Å²) in [6, 6.07) is 1.63. The van der Waals surface area contributed by atoms with Gasteiger partial charge in [-0.3, -0.25) is 0 Å². The summed E-state index contributed by atoms with van der Waals surface area (Å²) in [5.41, 5.74) is 7.77. The van der Waals surface area contributed by atoms with E-state index in [1.54, 1.807) is 18.9 Å². The maximum Gasteiger partial charge on any atom is 0.338 e. The van der Waals surface area contributed by atoms with Gasteiger partial charge in [0.05, 0.1) is 30.8 Å². The summed E-state index contributed by atoms with van der Waals surface area (Å²) in [5.74, 6) is 3.28. The fourth-order valence-corrected chi connectivity index (χ4v) is 8.19. The lowest BCUT2D eigenvalue weighted by atomic mass is 9.99. The van der Waals surface area contributed by atoms with Crippen LogP contribution < -0.4 is 20.2 Å². The van der Waals surface area contributed by atoms with Crippen LogP contribution in [0.2, 0.25) is 18.1 Å². The number of nitrogens with two attached hydrogens (primary N) is 1. The van der Waals surface area contributed by atoms with E-state index in [4.69, 9.17) is 36.4 Å². The normalized spacial score (nSPS) is 18.0. The molecule has 0 fully saturated rings. The van der Waals surface area contributed by atoms with Crippen LogP contribution in [0.4, 0.5) is 0 Å². The van der Waals surface area contributed by atoms with Crippen LogP contribution in [-0.2, 0) is 17.0 Å². The van der Waals surface area contributed by atoms with Crippen LogP contribution in [0.1, 0.15) is 86.2 Å². The van der Waals surface area contributed by atoms with Gasteiger partial charge in [0.25, 0.3) is 8.32 Å². The van der Waals surface area contributed by atoms with Gasteiger partial charge in [-0.05, 0) is 50.2 Å². The van der Waals surface area contributed by atoms with Gasteiger partial charge in [0.2, 0.25) is 5.89 Å². The molecule has 40 heavy (non-hydrogen) atoms. The molecule has 12 heteroatoms. The third-order valence-corrected chi connectivity index (χ3v) is 14.0. The standard InChI is InChI=1S/C28H44N4O5S2Si/c1-17(2)28(4,5)40(7,8)37-22-13-21(34-6)18(3)25-19(22)15-39-16-20(26-31-23(14-29)32-36-26)30-24(38)11-9-10-12-35-27(25)33/h13,17,20H,9-12,14-16,29H2,1-8H3,(H,30,38)/t20-/m0/s1. The largest absolute Gasteiger partial charge is 0.543 e. The molecule has 1 atom stereocenters. The van der Waals surface area contributed by atoms with E-state index in [-0.39, 0.29) is 23.6 Å². The van der Waals surface area contributed by atoms with Crippen molar-refractivity contribution in [3.05, 3.63) is 34.5 Å². The van der Waals surface area contributed by atoms with Crippen molar-refractivity contribution in [2.45, 2.75) is 90.4 Å². The number of aromatic nitrogens is 2. The molecule has 0 amide bonds. The highest BCUT2D eigenvalue weighted by Crippen LogP contribution is 2.47. The Kier molecular flexibility index (Phi) is 11.1. The van der Waals surface area contributed by atoms with Gasteiger partial charge in [-0.25, -0.2) is 4.79 Å². The first-order valence-electron chi connectivity index (χ1n) is 13.8. The van der Waals surface area contributed by atoms with Crippen molar-refractivity contribution in [2.24, 2.45) is 11.7 Å². The summed E-state index contributed by atoms with van der Waals surface area (Å²) >= 11 is 7.23. The van der Waals surface area contributed by atoms with E-state index in [0.29, 0.717) is 70.6 Å². The summed E-state index contributed by atoms with van der Waals surface area (Å²) < 4.78 is 23.9. The number of hydrogen-bond acceptors (Lipinski definition) is 10. The number of methoxy groups -OCH3 is 1. The molecule has 1 aliphatic heterocycles. The van der Waals surface area contributed by atoms with E-state index in [1.165, 1.54) is 0 Å². The highest BCUT2D eigenvalue weighted by Gasteiger charge is 2.45. The summed E-state index contributed by atoms with van der Waals surface area (Å²) in [6.45, 7) is 15.8. The lowest BCUT2D eigenvalue weighted by molar-refractivity contribution is 0.0496. The van der Waals surface area contributed by atoms with Crippen LogP contribution in [0.25, 0.3) is 0 Å². The molecule has 0 saturated carbocycles. The van der Waals surface area contributed by atoms with Gasteiger partial charge in [0.15, 0.2) is 5.82 Å². The van der Waals surface area contributed by atoms with E-state index in [1.807, 2.05) is 13.0 Å². The molecule has 222 valence electrons. The van der Waals surface area contributed by atoms with Gasteiger partial charge in [-0.15, -0.1) is 0 Å². The van der Waals surface area contributed by atoms with Gasteiger partial charge >= 0.3 is 5.97 Å². The Morgan fingerprint density at radius 1 is 1.30 bits per heavy atom. The van der Waals surface area contributed by atoms with Crippen LogP contribution >= 0.6 is 24.0 Å². The van der Waals surface area contributed by atoms with E-state index >= 15 is 0 Å². The Bertz CT molecular complexity index is 1200. The Labute approximate surface area is 248 Å². The SMILES string of the molecule is COc1cc(O[Si](C)(C)C(C)(C)C(C)C)c2c(c1C)C(=O)OCCCCC(=S)N[C@H](c1nc(CN)no1)CSC2. The number of fused-ring (bicyclic) bond motifs is 1. The predicted molar refractivity (Wildman–Crippen MR) is 166 cm³/mol. The van der Waals surface area contributed by atoms with Gasteiger partial charge in [0, 0.05) is 28.7 Å². The van der Waals surface area contributed by atoms with E-state index in [9.17, 15) is 4.79 Å². The first-order chi connectivity index (χ1) is 18.8. The number of thioether (sulfide) groups is 1. The Morgan fingerprint density at radius 2 is 2.02 bits per heavy atom. The first-order valence-corrected chi connectivity index (χ1v) is 18.3. The predicted octanol–water partition coefficient (Wildman–Crippen LogP) is 6.10. The highest BCUT2D eigenvalue weighted by atomic mass is 32.2. The Hall–Kier alpha value is -2.15. The topological polar surface area (TPSA) is 122 Å². The smallest absolute Gasteiger partial charge is 0.338 e. The number of thiocarbonyl (C=S) groups is 1. The molecule has 9 nitrogen and oxygen atoms in total. The summed E-state index contributed by atoms with van der Waals surface area (Å²) in [6.07, 6.45) is 2.13. The minimum absolute atomic E-state index is 0.0312. The lowest BCUT2D eigenvalue weighted by Crippen LogP contribution is -2.48. The molecule has 1 aliphatic rings. The van der Waals surface area contributed by atoms with E-state index in [2.05, 4.69) is 56.2 Å². The molecule has 0 spiro atoms.